The normalized spacial score (nSPS) is 15.8. The Morgan fingerprint density at radius 1 is 0.973 bits per heavy atom. The number of carbonyl (C=O) groups is 1. The second-order valence-electron chi connectivity index (χ2n) is 9.53. The van der Waals surface area contributed by atoms with Crippen LogP contribution in [0.2, 0.25) is 0 Å². The molecular weight excluding hydrogens is 464 g/mol. The molecule has 3 heterocycles. The van der Waals surface area contributed by atoms with Crippen molar-refractivity contribution >= 4 is 33.6 Å². The highest BCUT2D eigenvalue weighted by Crippen LogP contribution is 2.36. The molecule has 0 saturated carbocycles. The van der Waals surface area contributed by atoms with Gasteiger partial charge in [0, 0.05) is 35.9 Å². The van der Waals surface area contributed by atoms with E-state index in [1.807, 2.05) is 66.6 Å². The summed E-state index contributed by atoms with van der Waals surface area (Å²) in [6.07, 6.45) is 3.14. The molecule has 6 rings (SSSR count). The summed E-state index contributed by atoms with van der Waals surface area (Å²) in [4.78, 5) is 28.3. The fraction of sp³-hybridized carbons (Fsp3) is 0.200. The smallest absolute Gasteiger partial charge is 0.336 e. The van der Waals surface area contributed by atoms with Gasteiger partial charge in [-0.15, -0.1) is 0 Å². The Labute approximate surface area is 214 Å². The van der Waals surface area contributed by atoms with E-state index in [4.69, 9.17) is 9.97 Å². The van der Waals surface area contributed by atoms with E-state index in [9.17, 15) is 15.0 Å². The van der Waals surface area contributed by atoms with Crippen LogP contribution in [0.5, 0.6) is 0 Å². The zero-order valence-electron chi connectivity index (χ0n) is 20.4. The lowest BCUT2D eigenvalue weighted by Crippen LogP contribution is -2.39. The van der Waals surface area contributed by atoms with E-state index >= 15 is 0 Å². The molecule has 1 aliphatic rings. The van der Waals surface area contributed by atoms with Crippen LogP contribution in [0.4, 0.5) is 5.95 Å². The number of nitrogens with zero attached hydrogens (tertiary/aromatic N) is 4. The maximum Gasteiger partial charge on any atom is 0.336 e. The highest BCUT2D eigenvalue weighted by molar-refractivity contribution is 6.03. The van der Waals surface area contributed by atoms with E-state index in [0.29, 0.717) is 18.1 Å². The van der Waals surface area contributed by atoms with Crippen LogP contribution >= 0.6 is 0 Å². The Bertz CT molecular complexity index is 1670. The minimum atomic E-state index is -0.961. The number of rotatable bonds is 4. The van der Waals surface area contributed by atoms with Crippen molar-refractivity contribution in [3.63, 3.8) is 0 Å². The molecule has 0 bridgehead atoms. The van der Waals surface area contributed by atoms with Crippen molar-refractivity contribution < 1.29 is 15.0 Å². The average molecular weight is 491 g/mol. The number of pyridine rings is 1. The van der Waals surface area contributed by atoms with Gasteiger partial charge in [-0.25, -0.2) is 14.8 Å². The van der Waals surface area contributed by atoms with E-state index < -0.39 is 5.97 Å². The molecule has 184 valence electrons. The van der Waals surface area contributed by atoms with Crippen molar-refractivity contribution in [1.29, 1.82) is 0 Å². The molecule has 3 aromatic carbocycles. The second kappa shape index (κ2) is 9.26. The molecule has 7 nitrogen and oxygen atoms in total. The van der Waals surface area contributed by atoms with E-state index in [1.54, 1.807) is 12.1 Å². The van der Waals surface area contributed by atoms with Gasteiger partial charge in [0.25, 0.3) is 0 Å². The van der Waals surface area contributed by atoms with Crippen molar-refractivity contribution in [3.8, 4) is 22.4 Å². The van der Waals surface area contributed by atoms with Crippen LogP contribution in [0.25, 0.3) is 44.1 Å². The number of fused-ring (bicyclic) bond motifs is 2. The number of aliphatic hydroxyl groups excluding tert-OH is 1. The number of β-amino-alcohol motifs (C(OH)–C–C–N with tert-alkyl or cyclic N) is 1. The van der Waals surface area contributed by atoms with Gasteiger partial charge in [0.2, 0.25) is 5.95 Å². The summed E-state index contributed by atoms with van der Waals surface area (Å²) in [7, 11) is 0. The first kappa shape index (κ1) is 23.1. The lowest BCUT2D eigenvalue weighted by atomic mass is 9.92. The van der Waals surface area contributed by atoms with Crippen molar-refractivity contribution in [2.45, 2.75) is 25.9 Å². The number of carboxylic acids is 1. The van der Waals surface area contributed by atoms with E-state index in [0.717, 1.165) is 63.6 Å². The molecule has 2 N–H and O–H groups in total. The van der Waals surface area contributed by atoms with Crippen molar-refractivity contribution in [1.82, 2.24) is 15.0 Å². The van der Waals surface area contributed by atoms with E-state index in [2.05, 4.69) is 11.1 Å². The SMILES string of the molecule is Cc1nc(-c2cc(-c3ccccc3C(=O)O)cc3ccccc23)cc2nc(N3CCC[C@@H](O)C3)ncc12. The number of hydrogen-bond acceptors (Lipinski definition) is 6. The van der Waals surface area contributed by atoms with Crippen LogP contribution in [0.3, 0.4) is 0 Å². The average Bonchev–Trinajstić information content (AvgIpc) is 2.92. The number of aryl methyl sites for hydroxylation is 1. The molecule has 0 radical (unpaired) electrons. The third-order valence-electron chi connectivity index (χ3n) is 7.04. The van der Waals surface area contributed by atoms with Crippen LogP contribution in [0.15, 0.2) is 72.9 Å². The summed E-state index contributed by atoms with van der Waals surface area (Å²) in [5.74, 6) is -0.353. The molecule has 1 aliphatic heterocycles. The predicted molar refractivity (Wildman–Crippen MR) is 145 cm³/mol. The maximum atomic E-state index is 11.9. The maximum absolute atomic E-state index is 11.9. The number of benzene rings is 3. The second-order valence-corrected chi connectivity index (χ2v) is 9.53. The summed E-state index contributed by atoms with van der Waals surface area (Å²) in [6, 6.07) is 21.1. The molecule has 37 heavy (non-hydrogen) atoms. The van der Waals surface area contributed by atoms with Crippen molar-refractivity contribution in [2.75, 3.05) is 18.0 Å². The van der Waals surface area contributed by atoms with E-state index in [-0.39, 0.29) is 11.7 Å². The Morgan fingerprint density at radius 3 is 2.62 bits per heavy atom. The number of aromatic nitrogens is 3. The lowest BCUT2D eigenvalue weighted by molar-refractivity contribution is 0.0697. The monoisotopic (exact) mass is 490 g/mol. The largest absolute Gasteiger partial charge is 0.478 e. The number of piperidine rings is 1. The number of aromatic carboxylic acids is 1. The lowest BCUT2D eigenvalue weighted by Gasteiger charge is -2.30. The van der Waals surface area contributed by atoms with Gasteiger partial charge in [-0.2, -0.15) is 0 Å². The standard InChI is InChI=1S/C30H26N4O3/c1-18-26-16-31-30(34-12-6-8-21(35)17-34)33-28(26)15-27(32-18)25-14-20(13-19-7-2-3-9-22(19)25)23-10-4-5-11-24(23)29(36)37/h2-5,7,9-11,13-16,21,35H,6,8,12,17H2,1H3,(H,36,37)/t21-/m1/s1. The molecule has 2 aromatic heterocycles. The third-order valence-corrected chi connectivity index (χ3v) is 7.04. The summed E-state index contributed by atoms with van der Waals surface area (Å²) < 4.78 is 0. The van der Waals surface area contributed by atoms with Crippen LogP contribution in [-0.2, 0) is 0 Å². The Morgan fingerprint density at radius 2 is 1.78 bits per heavy atom. The Kier molecular flexibility index (Phi) is 5.77. The van der Waals surface area contributed by atoms with Gasteiger partial charge < -0.3 is 15.1 Å². The van der Waals surface area contributed by atoms with Crippen LogP contribution in [0, 0.1) is 6.92 Å². The highest BCUT2D eigenvalue weighted by Gasteiger charge is 2.21. The summed E-state index contributed by atoms with van der Waals surface area (Å²) in [5, 5.41) is 22.8. The topological polar surface area (TPSA) is 99.4 Å². The molecule has 0 spiro atoms. The van der Waals surface area contributed by atoms with Gasteiger partial charge in [-0.3, -0.25) is 4.98 Å². The van der Waals surface area contributed by atoms with Crippen LogP contribution in [0.1, 0.15) is 28.9 Å². The fourth-order valence-corrected chi connectivity index (χ4v) is 5.20. The Balaban J connectivity index is 1.54. The molecule has 0 unspecified atom stereocenters. The molecule has 0 aliphatic carbocycles. The Hall–Kier alpha value is -4.36. The molecule has 1 atom stereocenters. The molecule has 1 saturated heterocycles. The van der Waals surface area contributed by atoms with Gasteiger partial charge in [0.1, 0.15) is 0 Å². The van der Waals surface area contributed by atoms with Gasteiger partial charge in [-0.1, -0.05) is 42.5 Å². The first-order valence-electron chi connectivity index (χ1n) is 12.4. The molecular formula is C30H26N4O3. The minimum Gasteiger partial charge on any atom is -0.478 e. The third kappa shape index (κ3) is 4.27. The minimum absolute atomic E-state index is 0.257. The molecule has 1 fully saturated rings. The number of hydrogen-bond donors (Lipinski definition) is 2. The van der Waals surface area contributed by atoms with Gasteiger partial charge in [0.15, 0.2) is 0 Å². The highest BCUT2D eigenvalue weighted by atomic mass is 16.4. The fourth-order valence-electron chi connectivity index (χ4n) is 5.20. The van der Waals surface area contributed by atoms with Gasteiger partial charge in [0.05, 0.1) is 22.9 Å². The predicted octanol–water partition coefficient (Wildman–Crippen LogP) is 5.48. The first-order valence-corrected chi connectivity index (χ1v) is 12.4. The number of carboxylic acid groups (broad SMARTS) is 1. The van der Waals surface area contributed by atoms with Crippen molar-refractivity contribution in [3.05, 3.63) is 84.2 Å². The quantitative estimate of drug-likeness (QED) is 0.344. The zero-order valence-corrected chi connectivity index (χ0v) is 20.4. The summed E-state index contributed by atoms with van der Waals surface area (Å²) >= 11 is 0. The number of aliphatic hydroxyl groups is 1. The van der Waals surface area contributed by atoms with Crippen molar-refractivity contribution in [2.24, 2.45) is 0 Å². The number of anilines is 1. The van der Waals surface area contributed by atoms with E-state index in [1.165, 1.54) is 0 Å². The van der Waals surface area contributed by atoms with Crippen LogP contribution in [-0.4, -0.2) is 50.3 Å². The molecule has 7 heteroatoms. The summed E-state index contributed by atoms with van der Waals surface area (Å²) in [5.41, 5.74) is 5.01. The van der Waals surface area contributed by atoms with Gasteiger partial charge >= 0.3 is 5.97 Å². The molecule has 5 aromatic rings. The zero-order chi connectivity index (χ0) is 25.5. The summed E-state index contributed by atoms with van der Waals surface area (Å²) in [6.45, 7) is 3.29. The van der Waals surface area contributed by atoms with Gasteiger partial charge in [-0.05, 0) is 65.9 Å². The first-order chi connectivity index (χ1) is 18.0. The van der Waals surface area contributed by atoms with Crippen LogP contribution < -0.4 is 4.90 Å². The molecule has 0 amide bonds.